The Morgan fingerprint density at radius 3 is 2.70 bits per heavy atom. The van der Waals surface area contributed by atoms with Crippen LogP contribution >= 0.6 is 0 Å². The van der Waals surface area contributed by atoms with Gasteiger partial charge in [0, 0.05) is 12.0 Å². The Kier molecular flexibility index (Phi) is 5.31. The molecule has 0 saturated heterocycles. The molecule has 1 aliphatic rings. The number of methoxy groups -OCH3 is 1. The van der Waals surface area contributed by atoms with E-state index in [1.54, 1.807) is 14.0 Å². The van der Waals surface area contributed by atoms with Crippen molar-refractivity contribution in [2.45, 2.75) is 51.9 Å². The summed E-state index contributed by atoms with van der Waals surface area (Å²) in [4.78, 5) is 12.8. The lowest BCUT2D eigenvalue weighted by Crippen LogP contribution is -2.44. The number of ether oxygens (including phenoxy) is 3. The molecule has 0 saturated carbocycles. The number of aryl methyl sites for hydroxylation is 1. The average Bonchev–Trinajstić information content (AvgIpc) is 2.62. The number of carbonyl (C=O) groups is 1. The second-order valence-corrected chi connectivity index (χ2v) is 7.56. The van der Waals surface area contributed by atoms with Gasteiger partial charge in [0.15, 0.2) is 6.10 Å². The van der Waals surface area contributed by atoms with Gasteiger partial charge >= 0.3 is 0 Å². The van der Waals surface area contributed by atoms with Gasteiger partial charge in [-0.3, -0.25) is 4.79 Å². The molecule has 0 aromatic heterocycles. The number of benzene rings is 2. The summed E-state index contributed by atoms with van der Waals surface area (Å²) in [7, 11) is 1.63. The van der Waals surface area contributed by atoms with Gasteiger partial charge in [0.1, 0.15) is 22.8 Å². The van der Waals surface area contributed by atoms with Crippen LogP contribution in [0.15, 0.2) is 42.5 Å². The summed E-state index contributed by atoms with van der Waals surface area (Å²) in [5.41, 5.74) is 1.55. The van der Waals surface area contributed by atoms with E-state index in [0.29, 0.717) is 6.42 Å². The van der Waals surface area contributed by atoms with Crippen molar-refractivity contribution < 1.29 is 19.0 Å². The number of nitrogens with one attached hydrogen (secondary N) is 1. The maximum Gasteiger partial charge on any atom is 0.261 e. The second kappa shape index (κ2) is 7.51. The molecule has 1 heterocycles. The van der Waals surface area contributed by atoms with Crippen LogP contribution in [-0.2, 0) is 4.79 Å². The molecule has 27 heavy (non-hydrogen) atoms. The zero-order valence-electron chi connectivity index (χ0n) is 16.5. The van der Waals surface area contributed by atoms with Crippen molar-refractivity contribution in [1.29, 1.82) is 0 Å². The first kappa shape index (κ1) is 19.1. The normalized spacial score (nSPS) is 18.6. The summed E-state index contributed by atoms with van der Waals surface area (Å²) >= 11 is 0. The SMILES string of the molecule is COc1ccc2c(c1)[C@H](NC(=O)[C@H](C)Oc1ccccc1C)CC(C)(C)O2. The maximum absolute atomic E-state index is 12.8. The Bertz CT molecular complexity index is 831. The molecule has 5 nitrogen and oxygen atoms in total. The number of hydrogen-bond acceptors (Lipinski definition) is 4. The summed E-state index contributed by atoms with van der Waals surface area (Å²) < 4.78 is 17.3. The largest absolute Gasteiger partial charge is 0.497 e. The van der Waals surface area contributed by atoms with Crippen molar-refractivity contribution in [2.75, 3.05) is 7.11 Å². The highest BCUT2D eigenvalue weighted by Gasteiger charge is 2.35. The van der Waals surface area contributed by atoms with Gasteiger partial charge in [-0.05, 0) is 57.5 Å². The number of rotatable bonds is 5. The first-order chi connectivity index (χ1) is 12.8. The molecule has 0 aliphatic carbocycles. The molecule has 2 aromatic rings. The predicted molar refractivity (Wildman–Crippen MR) is 104 cm³/mol. The molecule has 5 heteroatoms. The Morgan fingerprint density at radius 2 is 2.00 bits per heavy atom. The molecule has 2 atom stereocenters. The van der Waals surface area contributed by atoms with E-state index in [4.69, 9.17) is 14.2 Å². The molecule has 0 spiro atoms. The van der Waals surface area contributed by atoms with E-state index in [2.05, 4.69) is 5.32 Å². The smallest absolute Gasteiger partial charge is 0.261 e. The first-order valence-electron chi connectivity index (χ1n) is 9.19. The number of hydrogen-bond donors (Lipinski definition) is 1. The quantitative estimate of drug-likeness (QED) is 0.859. The minimum Gasteiger partial charge on any atom is -0.497 e. The molecule has 0 bridgehead atoms. The zero-order chi connectivity index (χ0) is 19.6. The van der Waals surface area contributed by atoms with Crippen LogP contribution in [0.1, 0.15) is 44.4 Å². The van der Waals surface area contributed by atoms with Gasteiger partial charge in [0.05, 0.1) is 13.2 Å². The highest BCUT2D eigenvalue weighted by molar-refractivity contribution is 5.81. The molecule has 3 rings (SSSR count). The maximum atomic E-state index is 12.8. The van der Waals surface area contributed by atoms with Crippen molar-refractivity contribution in [3.63, 3.8) is 0 Å². The van der Waals surface area contributed by atoms with Gasteiger partial charge in [0.25, 0.3) is 5.91 Å². The first-order valence-corrected chi connectivity index (χ1v) is 9.19. The van der Waals surface area contributed by atoms with Crippen molar-refractivity contribution >= 4 is 5.91 Å². The molecule has 0 unspecified atom stereocenters. The summed E-state index contributed by atoms with van der Waals surface area (Å²) in [5, 5.41) is 3.12. The monoisotopic (exact) mass is 369 g/mol. The second-order valence-electron chi connectivity index (χ2n) is 7.56. The van der Waals surface area contributed by atoms with E-state index in [-0.39, 0.29) is 17.6 Å². The summed E-state index contributed by atoms with van der Waals surface area (Å²) in [6.07, 6.45) is 0.0572. The lowest BCUT2D eigenvalue weighted by atomic mass is 9.89. The number of para-hydroxylation sites is 1. The molecule has 1 N–H and O–H groups in total. The summed E-state index contributed by atoms with van der Waals surface area (Å²) in [6.45, 7) is 7.77. The van der Waals surface area contributed by atoms with Gasteiger partial charge in [-0.2, -0.15) is 0 Å². The zero-order valence-corrected chi connectivity index (χ0v) is 16.5. The van der Waals surface area contributed by atoms with Crippen LogP contribution in [0.4, 0.5) is 0 Å². The van der Waals surface area contributed by atoms with Crippen LogP contribution < -0.4 is 19.5 Å². The van der Waals surface area contributed by atoms with Gasteiger partial charge in [-0.25, -0.2) is 0 Å². The van der Waals surface area contributed by atoms with Gasteiger partial charge in [0.2, 0.25) is 0 Å². The molecule has 1 aliphatic heterocycles. The lowest BCUT2D eigenvalue weighted by Gasteiger charge is -2.38. The van der Waals surface area contributed by atoms with Crippen molar-refractivity contribution in [3.8, 4) is 17.2 Å². The fraction of sp³-hybridized carbons (Fsp3) is 0.409. The van der Waals surface area contributed by atoms with E-state index in [0.717, 1.165) is 28.4 Å². The predicted octanol–water partition coefficient (Wildman–Crippen LogP) is 4.19. The number of amides is 1. The third kappa shape index (κ3) is 4.35. The van der Waals surface area contributed by atoms with Crippen molar-refractivity contribution in [1.82, 2.24) is 5.32 Å². The van der Waals surface area contributed by atoms with Crippen LogP contribution in [0.2, 0.25) is 0 Å². The van der Waals surface area contributed by atoms with Crippen molar-refractivity contribution in [3.05, 3.63) is 53.6 Å². The topological polar surface area (TPSA) is 56.8 Å². The Hall–Kier alpha value is -2.69. The van der Waals surface area contributed by atoms with Crippen LogP contribution in [0.25, 0.3) is 0 Å². The summed E-state index contributed by atoms with van der Waals surface area (Å²) in [5.74, 6) is 2.06. The highest BCUT2D eigenvalue weighted by atomic mass is 16.5. The number of carbonyl (C=O) groups excluding carboxylic acids is 1. The molecule has 144 valence electrons. The average molecular weight is 369 g/mol. The van der Waals surface area contributed by atoms with E-state index in [1.807, 2.05) is 63.2 Å². The summed E-state index contributed by atoms with van der Waals surface area (Å²) in [6, 6.07) is 13.2. The fourth-order valence-corrected chi connectivity index (χ4v) is 3.31. The Morgan fingerprint density at radius 1 is 1.26 bits per heavy atom. The minimum absolute atomic E-state index is 0.158. The van der Waals surface area contributed by atoms with E-state index in [9.17, 15) is 4.79 Å². The lowest BCUT2D eigenvalue weighted by molar-refractivity contribution is -0.128. The van der Waals surface area contributed by atoms with E-state index < -0.39 is 6.10 Å². The molecule has 2 aromatic carbocycles. The van der Waals surface area contributed by atoms with Crippen LogP contribution in [0.5, 0.6) is 17.2 Å². The van der Waals surface area contributed by atoms with E-state index >= 15 is 0 Å². The van der Waals surface area contributed by atoms with Crippen molar-refractivity contribution in [2.24, 2.45) is 0 Å². The molecule has 0 radical (unpaired) electrons. The Labute approximate surface area is 160 Å². The third-order valence-corrected chi connectivity index (χ3v) is 4.76. The van der Waals surface area contributed by atoms with E-state index in [1.165, 1.54) is 0 Å². The van der Waals surface area contributed by atoms with Crippen LogP contribution in [-0.4, -0.2) is 24.7 Å². The van der Waals surface area contributed by atoms with Gasteiger partial charge in [-0.1, -0.05) is 18.2 Å². The molecular weight excluding hydrogens is 342 g/mol. The minimum atomic E-state index is -0.605. The molecule has 1 amide bonds. The van der Waals surface area contributed by atoms with Gasteiger partial charge < -0.3 is 19.5 Å². The number of fused-ring (bicyclic) bond motifs is 1. The third-order valence-electron chi connectivity index (χ3n) is 4.76. The Balaban J connectivity index is 1.78. The standard InChI is InChI=1S/C22H27NO4/c1-14-8-6-7-9-19(14)26-15(2)21(24)23-18-13-22(3,4)27-20-11-10-16(25-5)12-17(18)20/h6-12,15,18H,13H2,1-5H3,(H,23,24)/t15-,18+/m0/s1. The van der Waals surface area contributed by atoms with Crippen LogP contribution in [0.3, 0.4) is 0 Å². The highest BCUT2D eigenvalue weighted by Crippen LogP contribution is 2.41. The molecule has 0 fully saturated rings. The fourth-order valence-electron chi connectivity index (χ4n) is 3.31. The van der Waals surface area contributed by atoms with Crippen LogP contribution in [0, 0.1) is 6.92 Å². The molecular formula is C22H27NO4. The van der Waals surface area contributed by atoms with Gasteiger partial charge in [-0.15, -0.1) is 0 Å².